The zero-order valence-corrected chi connectivity index (χ0v) is 10.9. The number of aliphatic hydroxyl groups is 1. The van der Waals surface area contributed by atoms with Gasteiger partial charge in [0.25, 0.3) is 0 Å². The third kappa shape index (κ3) is 5.51. The van der Waals surface area contributed by atoms with Gasteiger partial charge in [-0.3, -0.25) is 9.80 Å². The Morgan fingerprint density at radius 3 is 2.00 bits per heavy atom. The molecule has 0 bridgehead atoms. The Bertz CT molecular complexity index is 229. The molecule has 0 aliphatic carbocycles. The van der Waals surface area contributed by atoms with Gasteiger partial charge in [0.05, 0.1) is 0 Å². The molecule has 1 aliphatic rings. The molecule has 0 saturated carbocycles. The van der Waals surface area contributed by atoms with Crippen molar-refractivity contribution in [2.75, 3.05) is 39.3 Å². The van der Waals surface area contributed by atoms with Gasteiger partial charge in [-0.25, -0.2) is 0 Å². The molecule has 2 atom stereocenters. The Kier molecular flexibility index (Phi) is 7.35. The van der Waals surface area contributed by atoms with E-state index in [1.165, 1.54) is 0 Å². The van der Waals surface area contributed by atoms with Crippen LogP contribution in [0.4, 0.5) is 0 Å². The second kappa shape index (κ2) is 8.25. The molecule has 7 nitrogen and oxygen atoms in total. The molecule has 17 heavy (non-hydrogen) atoms. The van der Waals surface area contributed by atoms with Crippen LogP contribution >= 0.6 is 24.1 Å². The molecule has 0 aromatic rings. The number of aliphatic hydroxyl groups excluding tert-OH is 1. The van der Waals surface area contributed by atoms with Crippen LogP contribution in [0.3, 0.4) is 0 Å². The maximum Gasteiger partial charge on any atom is 0.175 e. The zero-order valence-electron chi connectivity index (χ0n) is 9.31. The van der Waals surface area contributed by atoms with Crippen molar-refractivity contribution in [2.45, 2.75) is 10.8 Å². The van der Waals surface area contributed by atoms with Gasteiger partial charge in [-0.15, -0.1) is 4.91 Å². The summed E-state index contributed by atoms with van der Waals surface area (Å²) in [6, 6.07) is 0. The fourth-order valence-electron chi connectivity index (χ4n) is 1.72. The summed E-state index contributed by atoms with van der Waals surface area (Å²) in [5, 5.41) is 11.4. The molecule has 0 spiro atoms. The lowest BCUT2D eigenvalue weighted by molar-refractivity contribution is 0.102. The molecule has 1 fully saturated rings. The summed E-state index contributed by atoms with van der Waals surface area (Å²) in [5.74, 6) is 0. The largest absolute Gasteiger partial charge is 0.379 e. The zero-order chi connectivity index (χ0) is 12.7. The second-order valence-electron chi connectivity index (χ2n) is 3.83. The summed E-state index contributed by atoms with van der Waals surface area (Å²) in [5.41, 5.74) is -0.779. The van der Waals surface area contributed by atoms with E-state index < -0.39 is 10.8 Å². The number of piperazine rings is 1. The van der Waals surface area contributed by atoms with E-state index in [-0.39, 0.29) is 0 Å². The Morgan fingerprint density at radius 1 is 1.06 bits per heavy atom. The normalized spacial score (nSPS) is 22.3. The van der Waals surface area contributed by atoms with E-state index in [0.29, 0.717) is 37.2 Å². The van der Waals surface area contributed by atoms with E-state index in [4.69, 9.17) is 9.11 Å². The molecule has 100 valence electrons. The summed E-state index contributed by atoms with van der Waals surface area (Å²) in [6.07, 6.45) is 0. The van der Waals surface area contributed by atoms with Gasteiger partial charge in [0.2, 0.25) is 0 Å². The van der Waals surface area contributed by atoms with Crippen LogP contribution in [-0.4, -0.2) is 74.1 Å². The third-order valence-electron chi connectivity index (χ3n) is 2.65. The molecular weight excluding hydrogens is 266 g/mol. The molecule has 1 aliphatic heterocycles. The lowest BCUT2D eigenvalue weighted by Gasteiger charge is -2.35. The van der Waals surface area contributed by atoms with Crippen molar-refractivity contribution in [1.29, 1.82) is 0 Å². The average molecular weight is 283 g/mol. The highest BCUT2D eigenvalue weighted by atomic mass is 32.2. The molecule has 9 heteroatoms. The minimum absolute atomic E-state index is 0.430. The van der Waals surface area contributed by atoms with Gasteiger partial charge >= 0.3 is 0 Å². The van der Waals surface area contributed by atoms with Crippen molar-refractivity contribution < 1.29 is 14.2 Å². The monoisotopic (exact) mass is 283 g/mol. The smallest absolute Gasteiger partial charge is 0.175 e. The summed E-state index contributed by atoms with van der Waals surface area (Å²) in [6.45, 7) is 3.91. The lowest BCUT2D eigenvalue weighted by atomic mass is 10.3. The standard InChI is InChI=1S/C8H17N3O4S2/c12-8(17-15)6-11-3-1-10(2-4-11)5-7(9-13)16-14/h7-8,12,14-15H,1-6H2. The van der Waals surface area contributed by atoms with E-state index in [2.05, 4.69) is 5.18 Å². The predicted molar refractivity (Wildman–Crippen MR) is 68.9 cm³/mol. The Balaban J connectivity index is 2.23. The summed E-state index contributed by atoms with van der Waals surface area (Å²) >= 11 is 0.912. The molecule has 0 amide bonds. The van der Waals surface area contributed by atoms with Crippen molar-refractivity contribution in [3.05, 3.63) is 4.91 Å². The molecule has 0 radical (unpaired) electrons. The highest BCUT2D eigenvalue weighted by Crippen LogP contribution is 2.12. The van der Waals surface area contributed by atoms with Gasteiger partial charge in [0.15, 0.2) is 5.37 Å². The number of nitrogens with zero attached hydrogens (tertiary/aromatic N) is 3. The highest BCUT2D eigenvalue weighted by molar-refractivity contribution is 7.94. The first-order valence-corrected chi connectivity index (χ1v) is 6.92. The Labute approximate surface area is 109 Å². The lowest BCUT2D eigenvalue weighted by Crippen LogP contribution is -2.49. The first-order chi connectivity index (χ1) is 8.19. The average Bonchev–Trinajstić information content (AvgIpc) is 2.37. The van der Waals surface area contributed by atoms with Crippen molar-refractivity contribution in [2.24, 2.45) is 5.18 Å². The van der Waals surface area contributed by atoms with Gasteiger partial charge in [0.1, 0.15) is 5.44 Å². The van der Waals surface area contributed by atoms with E-state index in [9.17, 15) is 10.0 Å². The van der Waals surface area contributed by atoms with Crippen LogP contribution in [0, 0.1) is 4.91 Å². The predicted octanol–water partition coefficient (Wildman–Crippen LogP) is 0.427. The van der Waals surface area contributed by atoms with Crippen molar-refractivity contribution >= 4 is 24.1 Å². The van der Waals surface area contributed by atoms with Gasteiger partial charge < -0.3 is 14.2 Å². The molecule has 2 unspecified atom stereocenters. The summed E-state index contributed by atoms with van der Waals surface area (Å²) in [7, 11) is 0. The van der Waals surface area contributed by atoms with Gasteiger partial charge in [-0.1, -0.05) is 5.18 Å². The first-order valence-electron chi connectivity index (χ1n) is 5.25. The summed E-state index contributed by atoms with van der Waals surface area (Å²) < 4.78 is 17.4. The highest BCUT2D eigenvalue weighted by Gasteiger charge is 2.22. The second-order valence-corrected chi connectivity index (χ2v) is 5.34. The first kappa shape index (κ1) is 15.2. The number of β-amino-alcohol motifs (C(OH)–C–C–N with tert-alkyl or cyclic N) is 1. The van der Waals surface area contributed by atoms with Crippen molar-refractivity contribution in [3.8, 4) is 0 Å². The van der Waals surface area contributed by atoms with Gasteiger partial charge in [-0.05, 0) is 0 Å². The molecule has 1 rings (SSSR count). The Hall–Kier alpha value is 0.1000. The van der Waals surface area contributed by atoms with Crippen LogP contribution in [0.5, 0.6) is 0 Å². The molecule has 3 N–H and O–H groups in total. The maximum absolute atomic E-state index is 10.3. The third-order valence-corrected chi connectivity index (χ3v) is 3.53. The topological polar surface area (TPSA) is 96.6 Å². The number of nitroso groups, excluding NO2 is 1. The van der Waals surface area contributed by atoms with Crippen molar-refractivity contribution in [1.82, 2.24) is 9.80 Å². The fraction of sp³-hybridized carbons (Fsp3) is 1.00. The maximum atomic E-state index is 10.3. The van der Waals surface area contributed by atoms with Crippen molar-refractivity contribution in [3.63, 3.8) is 0 Å². The fourth-order valence-corrected chi connectivity index (χ4v) is 2.31. The minimum Gasteiger partial charge on any atom is -0.379 e. The van der Waals surface area contributed by atoms with Crippen LogP contribution in [0.15, 0.2) is 5.18 Å². The van der Waals surface area contributed by atoms with E-state index in [1.807, 2.05) is 9.80 Å². The Morgan fingerprint density at radius 2 is 1.59 bits per heavy atom. The molecule has 1 saturated heterocycles. The van der Waals surface area contributed by atoms with E-state index in [1.54, 1.807) is 0 Å². The van der Waals surface area contributed by atoms with E-state index in [0.717, 1.165) is 26.2 Å². The number of hydrogen-bond donors (Lipinski definition) is 3. The van der Waals surface area contributed by atoms with Crippen LogP contribution in [0.2, 0.25) is 0 Å². The number of rotatable bonds is 7. The van der Waals surface area contributed by atoms with Gasteiger partial charge in [0, 0.05) is 63.4 Å². The van der Waals surface area contributed by atoms with Crippen LogP contribution < -0.4 is 0 Å². The van der Waals surface area contributed by atoms with E-state index >= 15 is 0 Å². The molecule has 0 aromatic heterocycles. The van der Waals surface area contributed by atoms with Crippen LogP contribution in [0.1, 0.15) is 0 Å². The van der Waals surface area contributed by atoms with Crippen LogP contribution in [-0.2, 0) is 0 Å². The van der Waals surface area contributed by atoms with Crippen LogP contribution in [0.25, 0.3) is 0 Å². The summed E-state index contributed by atoms with van der Waals surface area (Å²) in [4.78, 5) is 14.4. The molecular formula is C8H17N3O4S2. The minimum atomic E-state index is -0.779. The number of hydrogen-bond acceptors (Lipinski definition) is 9. The molecule has 0 aromatic carbocycles. The SMILES string of the molecule is O=NC(CN1CCN(CC(O)SO)CC1)SO. The van der Waals surface area contributed by atoms with Gasteiger partial charge in [-0.2, -0.15) is 0 Å². The quantitative estimate of drug-likeness (QED) is 0.351. The molecule has 1 heterocycles.